The van der Waals surface area contributed by atoms with E-state index in [-0.39, 0.29) is 0 Å². The van der Waals surface area contributed by atoms with E-state index in [0.29, 0.717) is 0 Å². The monoisotopic (exact) mass is 426 g/mol. The number of rotatable bonds is 5. The van der Waals surface area contributed by atoms with Crippen molar-refractivity contribution in [3.8, 4) is 28.3 Å². The molecule has 32 heavy (non-hydrogen) atoms. The van der Waals surface area contributed by atoms with Gasteiger partial charge in [-0.1, -0.05) is 31.2 Å². The Morgan fingerprint density at radius 2 is 1.81 bits per heavy atom. The van der Waals surface area contributed by atoms with E-state index < -0.39 is 6.35 Å². The number of ether oxygens (including phenoxy) is 1. The standard InChI is InChI=1S/C26H26N4O2/c1-4-17-6-5-7-18(14-17)24-25(28-16-27-24)19-8-13-22-23(15-19)29(2)26(31)30(22)20-9-11-21(32-3)12-10-20/h5-16,26,31H,4H2,1-3H3,(H,27,28). The number of imidazole rings is 1. The van der Waals surface area contributed by atoms with Gasteiger partial charge < -0.3 is 19.7 Å². The lowest BCUT2D eigenvalue weighted by atomic mass is 10.0. The van der Waals surface area contributed by atoms with Gasteiger partial charge in [-0.3, -0.25) is 4.90 Å². The second-order valence-electron chi connectivity index (χ2n) is 7.91. The van der Waals surface area contributed by atoms with Gasteiger partial charge in [-0.05, 0) is 54.4 Å². The fourth-order valence-electron chi connectivity index (χ4n) is 4.27. The first kappa shape index (κ1) is 20.2. The van der Waals surface area contributed by atoms with Gasteiger partial charge in [-0.25, -0.2) is 4.98 Å². The quantitative estimate of drug-likeness (QED) is 0.460. The SMILES string of the molecule is CCc1cccc(-c2nc[nH]c2-c2ccc3c(c2)N(C)C(O)N3c2ccc(OC)cc2)c1. The van der Waals surface area contributed by atoms with E-state index in [0.717, 1.165) is 51.7 Å². The third-order valence-electron chi connectivity index (χ3n) is 6.08. The lowest BCUT2D eigenvalue weighted by Gasteiger charge is -2.26. The second kappa shape index (κ2) is 8.05. The minimum Gasteiger partial charge on any atom is -0.497 e. The van der Waals surface area contributed by atoms with Crippen LogP contribution in [0.3, 0.4) is 0 Å². The molecule has 5 rings (SSSR count). The molecule has 1 atom stereocenters. The zero-order chi connectivity index (χ0) is 22.2. The van der Waals surface area contributed by atoms with E-state index in [1.54, 1.807) is 13.4 Å². The highest BCUT2D eigenvalue weighted by Crippen LogP contribution is 2.45. The van der Waals surface area contributed by atoms with Crippen molar-refractivity contribution in [1.82, 2.24) is 9.97 Å². The maximum atomic E-state index is 11.0. The molecule has 0 fully saturated rings. The lowest BCUT2D eigenvalue weighted by Crippen LogP contribution is -2.38. The van der Waals surface area contributed by atoms with E-state index in [1.165, 1.54) is 5.56 Å². The fraction of sp³-hybridized carbons (Fsp3) is 0.192. The first-order valence-corrected chi connectivity index (χ1v) is 10.7. The van der Waals surface area contributed by atoms with Gasteiger partial charge in [0.15, 0.2) is 0 Å². The van der Waals surface area contributed by atoms with Crippen LogP contribution in [0.4, 0.5) is 17.1 Å². The van der Waals surface area contributed by atoms with E-state index in [4.69, 9.17) is 4.74 Å². The van der Waals surface area contributed by atoms with Crippen molar-refractivity contribution in [1.29, 1.82) is 0 Å². The highest BCUT2D eigenvalue weighted by molar-refractivity contribution is 5.88. The largest absolute Gasteiger partial charge is 0.497 e. The van der Waals surface area contributed by atoms with Crippen LogP contribution in [0.15, 0.2) is 73.1 Å². The van der Waals surface area contributed by atoms with Crippen molar-refractivity contribution in [2.45, 2.75) is 19.7 Å². The molecule has 0 bridgehead atoms. The van der Waals surface area contributed by atoms with Crippen LogP contribution in [-0.2, 0) is 6.42 Å². The van der Waals surface area contributed by atoms with Crippen molar-refractivity contribution < 1.29 is 9.84 Å². The minimum atomic E-state index is -0.795. The molecule has 6 nitrogen and oxygen atoms in total. The Bertz CT molecular complexity index is 1250. The first-order chi connectivity index (χ1) is 15.6. The van der Waals surface area contributed by atoms with Crippen molar-refractivity contribution >= 4 is 17.1 Å². The molecule has 3 aromatic carbocycles. The minimum absolute atomic E-state index is 0.783. The molecule has 1 aromatic heterocycles. The smallest absolute Gasteiger partial charge is 0.212 e. The van der Waals surface area contributed by atoms with Crippen LogP contribution >= 0.6 is 0 Å². The predicted molar refractivity (Wildman–Crippen MR) is 128 cm³/mol. The van der Waals surface area contributed by atoms with Crippen molar-refractivity contribution in [2.75, 3.05) is 24.0 Å². The summed E-state index contributed by atoms with van der Waals surface area (Å²) in [7, 11) is 3.54. The number of hydrogen-bond donors (Lipinski definition) is 2. The Hall–Kier alpha value is -3.77. The van der Waals surface area contributed by atoms with Gasteiger partial charge in [0.25, 0.3) is 0 Å². The number of benzene rings is 3. The van der Waals surface area contributed by atoms with Gasteiger partial charge in [0.1, 0.15) is 5.75 Å². The van der Waals surface area contributed by atoms with Crippen molar-refractivity contribution in [3.05, 3.63) is 78.6 Å². The molecule has 162 valence electrons. The van der Waals surface area contributed by atoms with Gasteiger partial charge in [0, 0.05) is 23.9 Å². The third kappa shape index (κ3) is 3.29. The maximum Gasteiger partial charge on any atom is 0.212 e. The average molecular weight is 427 g/mol. The number of fused-ring (bicyclic) bond motifs is 1. The Balaban J connectivity index is 1.54. The number of aromatic amines is 1. The Morgan fingerprint density at radius 3 is 2.56 bits per heavy atom. The van der Waals surface area contributed by atoms with Crippen LogP contribution in [0.2, 0.25) is 0 Å². The lowest BCUT2D eigenvalue weighted by molar-refractivity contribution is 0.189. The summed E-state index contributed by atoms with van der Waals surface area (Å²) < 4.78 is 5.27. The van der Waals surface area contributed by atoms with Gasteiger partial charge in [0.05, 0.1) is 36.2 Å². The zero-order valence-electron chi connectivity index (χ0n) is 18.4. The molecule has 1 aliphatic rings. The summed E-state index contributed by atoms with van der Waals surface area (Å²) in [6, 6.07) is 22.4. The summed E-state index contributed by atoms with van der Waals surface area (Å²) >= 11 is 0. The molecule has 2 N–H and O–H groups in total. The molecule has 1 aliphatic heterocycles. The van der Waals surface area contributed by atoms with Crippen LogP contribution in [0.1, 0.15) is 12.5 Å². The zero-order valence-corrected chi connectivity index (χ0v) is 18.4. The van der Waals surface area contributed by atoms with Crippen LogP contribution in [-0.4, -0.2) is 35.6 Å². The van der Waals surface area contributed by atoms with E-state index in [2.05, 4.69) is 59.4 Å². The maximum absolute atomic E-state index is 11.0. The number of nitrogens with one attached hydrogen (secondary N) is 1. The molecule has 0 saturated heterocycles. The topological polar surface area (TPSA) is 64.6 Å². The van der Waals surface area contributed by atoms with E-state index >= 15 is 0 Å². The summed E-state index contributed by atoms with van der Waals surface area (Å²) in [6.07, 6.45) is 1.92. The van der Waals surface area contributed by atoms with Crippen LogP contribution in [0.5, 0.6) is 5.75 Å². The molecule has 1 unspecified atom stereocenters. The van der Waals surface area contributed by atoms with Crippen molar-refractivity contribution in [2.24, 2.45) is 0 Å². The third-order valence-corrected chi connectivity index (χ3v) is 6.08. The number of aliphatic hydroxyl groups excluding tert-OH is 1. The number of aromatic nitrogens is 2. The number of hydrogen-bond acceptors (Lipinski definition) is 5. The molecule has 6 heteroatoms. The fourth-order valence-corrected chi connectivity index (χ4v) is 4.27. The molecule has 0 aliphatic carbocycles. The number of nitrogens with zero attached hydrogens (tertiary/aromatic N) is 3. The van der Waals surface area contributed by atoms with Gasteiger partial charge in [-0.15, -0.1) is 0 Å². The predicted octanol–water partition coefficient (Wildman–Crippen LogP) is 5.18. The Morgan fingerprint density at radius 1 is 1.00 bits per heavy atom. The van der Waals surface area contributed by atoms with Crippen molar-refractivity contribution in [3.63, 3.8) is 0 Å². The highest BCUT2D eigenvalue weighted by atomic mass is 16.5. The summed E-state index contributed by atoms with van der Waals surface area (Å²) in [5, 5.41) is 11.0. The molecular weight excluding hydrogens is 400 g/mol. The number of H-pyrrole nitrogens is 1. The average Bonchev–Trinajstić information content (AvgIpc) is 3.42. The normalized spacial score (nSPS) is 15.2. The molecule has 0 amide bonds. The number of methoxy groups -OCH3 is 1. The molecular formula is C26H26N4O2. The Labute approximate surface area is 187 Å². The molecule has 0 saturated carbocycles. The summed E-state index contributed by atoms with van der Waals surface area (Å²) in [4.78, 5) is 11.7. The molecule has 4 aromatic rings. The first-order valence-electron chi connectivity index (χ1n) is 10.7. The molecule has 0 spiro atoms. The van der Waals surface area contributed by atoms with Gasteiger partial charge in [-0.2, -0.15) is 0 Å². The van der Waals surface area contributed by atoms with Crippen LogP contribution in [0, 0.1) is 0 Å². The number of anilines is 3. The highest BCUT2D eigenvalue weighted by Gasteiger charge is 2.33. The number of aliphatic hydroxyl groups is 1. The van der Waals surface area contributed by atoms with Gasteiger partial charge >= 0.3 is 0 Å². The van der Waals surface area contributed by atoms with Crippen LogP contribution < -0.4 is 14.5 Å². The summed E-state index contributed by atoms with van der Waals surface area (Å²) in [5.41, 5.74) is 8.08. The summed E-state index contributed by atoms with van der Waals surface area (Å²) in [5.74, 6) is 0.783. The second-order valence-corrected chi connectivity index (χ2v) is 7.91. The summed E-state index contributed by atoms with van der Waals surface area (Å²) in [6.45, 7) is 2.15. The Kier molecular flexibility index (Phi) is 5.07. The van der Waals surface area contributed by atoms with E-state index in [9.17, 15) is 5.11 Å². The van der Waals surface area contributed by atoms with E-state index in [1.807, 2.05) is 41.1 Å². The molecule has 2 heterocycles. The molecule has 0 radical (unpaired) electrons. The van der Waals surface area contributed by atoms with Crippen LogP contribution in [0.25, 0.3) is 22.5 Å². The number of aryl methyl sites for hydroxylation is 1. The van der Waals surface area contributed by atoms with Gasteiger partial charge in [0.2, 0.25) is 6.35 Å².